The van der Waals surface area contributed by atoms with Crippen molar-refractivity contribution < 1.29 is 14.4 Å². The zero-order valence-electron chi connectivity index (χ0n) is 10.8. The Balaban J connectivity index is 2.19. The number of ether oxygens (including phenoxy) is 1. The lowest BCUT2D eigenvalue weighted by atomic mass is 10.2. The Hall–Kier alpha value is -1.92. The molecule has 104 valence electrons. The zero-order chi connectivity index (χ0) is 14.4. The van der Waals surface area contributed by atoms with Gasteiger partial charge < -0.3 is 4.74 Å². The number of carbonyl (C=O) groups excluding carboxylic acids is 1. The van der Waals surface area contributed by atoms with E-state index in [9.17, 15) is 4.79 Å². The molecule has 0 radical (unpaired) electrons. The molecule has 1 N–H and O–H groups in total. The van der Waals surface area contributed by atoms with E-state index in [4.69, 9.17) is 9.57 Å². The highest BCUT2D eigenvalue weighted by Crippen LogP contribution is 2.24. The van der Waals surface area contributed by atoms with Gasteiger partial charge in [0.2, 0.25) is 5.88 Å². The summed E-state index contributed by atoms with van der Waals surface area (Å²) in [5, 5.41) is 0. The van der Waals surface area contributed by atoms with Gasteiger partial charge in [0.05, 0.1) is 6.61 Å². The van der Waals surface area contributed by atoms with Crippen molar-refractivity contribution in [2.24, 2.45) is 0 Å². The highest BCUT2D eigenvalue weighted by atomic mass is 79.9. The molecule has 0 atom stereocenters. The molecule has 20 heavy (non-hydrogen) atoms. The molecule has 6 heteroatoms. The van der Waals surface area contributed by atoms with E-state index in [2.05, 4.69) is 26.4 Å². The third kappa shape index (κ3) is 3.79. The second-order valence-corrected chi connectivity index (χ2v) is 4.69. The van der Waals surface area contributed by atoms with Crippen LogP contribution in [0.1, 0.15) is 17.3 Å². The third-order valence-electron chi connectivity index (χ3n) is 2.35. The Kier molecular flexibility index (Phi) is 5.09. The summed E-state index contributed by atoms with van der Waals surface area (Å²) < 4.78 is 6.56. The Morgan fingerprint density at radius 3 is 2.75 bits per heavy atom. The van der Waals surface area contributed by atoms with Crippen molar-refractivity contribution in [2.45, 2.75) is 6.92 Å². The van der Waals surface area contributed by atoms with Gasteiger partial charge in [-0.25, -0.2) is 10.5 Å². The predicted octanol–water partition coefficient (Wildman–Crippen LogP) is 3.32. The van der Waals surface area contributed by atoms with Crippen LogP contribution in [0, 0.1) is 0 Å². The minimum Gasteiger partial charge on any atom is -0.438 e. The molecular weight excluding hydrogens is 324 g/mol. The van der Waals surface area contributed by atoms with Crippen LogP contribution in [0.3, 0.4) is 0 Å². The number of aromatic nitrogens is 1. The van der Waals surface area contributed by atoms with E-state index >= 15 is 0 Å². The van der Waals surface area contributed by atoms with E-state index in [1.165, 1.54) is 0 Å². The third-order valence-corrected chi connectivity index (χ3v) is 2.88. The van der Waals surface area contributed by atoms with Crippen LogP contribution in [0.4, 0.5) is 0 Å². The van der Waals surface area contributed by atoms with Crippen molar-refractivity contribution in [2.75, 3.05) is 6.61 Å². The quantitative estimate of drug-likeness (QED) is 0.851. The highest BCUT2D eigenvalue weighted by molar-refractivity contribution is 9.10. The van der Waals surface area contributed by atoms with Gasteiger partial charge in [0.15, 0.2) is 0 Å². The number of hydrogen-bond acceptors (Lipinski definition) is 4. The first-order valence-corrected chi connectivity index (χ1v) is 6.80. The van der Waals surface area contributed by atoms with E-state index in [-0.39, 0.29) is 5.88 Å². The van der Waals surface area contributed by atoms with Gasteiger partial charge in [0.1, 0.15) is 11.3 Å². The maximum atomic E-state index is 11.9. The van der Waals surface area contributed by atoms with Crippen molar-refractivity contribution in [3.8, 4) is 11.6 Å². The molecule has 2 aromatic rings. The normalized spacial score (nSPS) is 10.1. The average molecular weight is 337 g/mol. The molecule has 0 bridgehead atoms. The SMILES string of the molecule is CCONC(=O)c1cccnc1Oc1ccc(Br)cc1. The summed E-state index contributed by atoms with van der Waals surface area (Å²) in [6.07, 6.45) is 1.56. The smallest absolute Gasteiger partial charge is 0.280 e. The molecule has 1 heterocycles. The van der Waals surface area contributed by atoms with Crippen LogP contribution in [0.2, 0.25) is 0 Å². The monoisotopic (exact) mass is 336 g/mol. The van der Waals surface area contributed by atoms with Crippen LogP contribution in [0.15, 0.2) is 47.1 Å². The number of benzene rings is 1. The molecule has 5 nitrogen and oxygen atoms in total. The van der Waals surface area contributed by atoms with E-state index in [1.807, 2.05) is 12.1 Å². The fraction of sp³-hybridized carbons (Fsp3) is 0.143. The lowest BCUT2D eigenvalue weighted by molar-refractivity contribution is 0.0362. The Bertz CT molecular complexity index is 587. The van der Waals surface area contributed by atoms with Crippen molar-refractivity contribution in [3.05, 3.63) is 52.6 Å². The Labute approximate surface area is 125 Å². The van der Waals surface area contributed by atoms with E-state index in [0.717, 1.165) is 4.47 Å². The van der Waals surface area contributed by atoms with Crippen molar-refractivity contribution in [1.29, 1.82) is 0 Å². The molecule has 1 amide bonds. The van der Waals surface area contributed by atoms with Crippen molar-refractivity contribution >= 4 is 21.8 Å². The van der Waals surface area contributed by atoms with Gasteiger partial charge in [-0.05, 0) is 43.3 Å². The second kappa shape index (κ2) is 7.02. The highest BCUT2D eigenvalue weighted by Gasteiger charge is 2.14. The van der Waals surface area contributed by atoms with Gasteiger partial charge in [0, 0.05) is 10.7 Å². The summed E-state index contributed by atoms with van der Waals surface area (Å²) >= 11 is 3.35. The lowest BCUT2D eigenvalue weighted by Gasteiger charge is -2.09. The summed E-state index contributed by atoms with van der Waals surface area (Å²) in [5.41, 5.74) is 2.63. The summed E-state index contributed by atoms with van der Waals surface area (Å²) in [5.74, 6) is 0.427. The average Bonchev–Trinajstić information content (AvgIpc) is 2.48. The van der Waals surface area contributed by atoms with E-state index in [0.29, 0.717) is 17.9 Å². The predicted molar refractivity (Wildman–Crippen MR) is 77.5 cm³/mol. The minimum atomic E-state index is -0.396. The number of pyridine rings is 1. The number of hydrogen-bond donors (Lipinski definition) is 1. The second-order valence-electron chi connectivity index (χ2n) is 3.78. The molecule has 0 spiro atoms. The van der Waals surface area contributed by atoms with Crippen LogP contribution in [0.25, 0.3) is 0 Å². The van der Waals surface area contributed by atoms with Crippen LogP contribution in [0.5, 0.6) is 11.6 Å². The summed E-state index contributed by atoms with van der Waals surface area (Å²) in [4.78, 5) is 20.9. The first kappa shape index (κ1) is 14.5. The first-order valence-electron chi connectivity index (χ1n) is 6.01. The van der Waals surface area contributed by atoms with Gasteiger partial charge in [-0.2, -0.15) is 0 Å². The molecule has 1 aromatic carbocycles. The molecule has 0 saturated carbocycles. The van der Waals surface area contributed by atoms with Crippen molar-refractivity contribution in [3.63, 3.8) is 0 Å². The van der Waals surface area contributed by atoms with Gasteiger partial charge in [-0.3, -0.25) is 9.63 Å². The molecule has 0 aliphatic carbocycles. The Morgan fingerprint density at radius 2 is 2.05 bits per heavy atom. The molecule has 2 rings (SSSR count). The van der Waals surface area contributed by atoms with E-state index < -0.39 is 5.91 Å². The fourth-order valence-electron chi connectivity index (χ4n) is 1.45. The number of rotatable bonds is 5. The van der Waals surface area contributed by atoms with E-state index in [1.54, 1.807) is 37.4 Å². The lowest BCUT2D eigenvalue weighted by Crippen LogP contribution is -2.24. The van der Waals surface area contributed by atoms with Crippen LogP contribution in [-0.2, 0) is 4.84 Å². The number of nitrogens with zero attached hydrogens (tertiary/aromatic N) is 1. The summed E-state index contributed by atoms with van der Waals surface area (Å²) in [6.45, 7) is 2.16. The number of amides is 1. The molecule has 0 aliphatic rings. The molecule has 0 aliphatic heterocycles. The number of hydroxylamine groups is 1. The molecular formula is C14H13BrN2O3. The summed E-state index contributed by atoms with van der Waals surface area (Å²) in [7, 11) is 0. The number of carbonyl (C=O) groups is 1. The Morgan fingerprint density at radius 1 is 1.30 bits per heavy atom. The summed E-state index contributed by atoms with van der Waals surface area (Å²) in [6, 6.07) is 10.5. The molecule has 1 aromatic heterocycles. The molecule has 0 saturated heterocycles. The largest absolute Gasteiger partial charge is 0.438 e. The fourth-order valence-corrected chi connectivity index (χ4v) is 1.72. The standard InChI is InChI=1S/C14H13BrN2O3/c1-2-19-17-13(18)12-4-3-9-16-14(12)20-11-7-5-10(15)6-8-11/h3-9H,2H2,1H3,(H,17,18). The molecule has 0 fully saturated rings. The molecule has 0 unspecified atom stereocenters. The van der Waals surface area contributed by atoms with Crippen LogP contribution in [-0.4, -0.2) is 17.5 Å². The van der Waals surface area contributed by atoms with Gasteiger partial charge >= 0.3 is 0 Å². The van der Waals surface area contributed by atoms with Crippen molar-refractivity contribution in [1.82, 2.24) is 10.5 Å². The maximum absolute atomic E-state index is 11.9. The van der Waals surface area contributed by atoms with Gasteiger partial charge in [-0.1, -0.05) is 15.9 Å². The maximum Gasteiger partial charge on any atom is 0.280 e. The minimum absolute atomic E-state index is 0.229. The van der Waals surface area contributed by atoms with Crippen LogP contribution >= 0.6 is 15.9 Å². The first-order chi connectivity index (χ1) is 9.70. The van der Waals surface area contributed by atoms with Crippen LogP contribution < -0.4 is 10.2 Å². The number of halogens is 1. The van der Waals surface area contributed by atoms with Gasteiger partial charge in [-0.15, -0.1) is 0 Å². The van der Waals surface area contributed by atoms with Gasteiger partial charge in [0.25, 0.3) is 5.91 Å². The zero-order valence-corrected chi connectivity index (χ0v) is 12.4. The number of nitrogens with one attached hydrogen (secondary N) is 1. The topological polar surface area (TPSA) is 60.5 Å².